The lowest BCUT2D eigenvalue weighted by Gasteiger charge is -2.09. The summed E-state index contributed by atoms with van der Waals surface area (Å²) in [5, 5.41) is 4.32. The van der Waals surface area contributed by atoms with E-state index in [1.54, 1.807) is 0 Å². The van der Waals surface area contributed by atoms with Crippen molar-refractivity contribution in [3.63, 3.8) is 0 Å². The summed E-state index contributed by atoms with van der Waals surface area (Å²) in [4.78, 5) is 0. The quantitative estimate of drug-likeness (QED) is 0.838. The number of ether oxygens (including phenoxy) is 1. The molecule has 3 rings (SSSR count). The van der Waals surface area contributed by atoms with Crippen molar-refractivity contribution in [2.75, 3.05) is 6.61 Å². The molecule has 2 nitrogen and oxygen atoms in total. The molecule has 2 aromatic carbocycles. The fraction of sp³-hybridized carbons (Fsp3) is 0.333. The third kappa shape index (κ3) is 3.78. The Morgan fingerprint density at radius 1 is 1.10 bits per heavy atom. The Kier molecular flexibility index (Phi) is 4.47. The molecule has 0 heterocycles. The summed E-state index contributed by atoms with van der Waals surface area (Å²) >= 11 is 6.40. The van der Waals surface area contributed by atoms with Gasteiger partial charge in [0.05, 0.1) is 6.61 Å². The van der Waals surface area contributed by atoms with Gasteiger partial charge >= 0.3 is 0 Å². The van der Waals surface area contributed by atoms with Crippen LogP contribution in [0.2, 0.25) is 5.02 Å². The van der Waals surface area contributed by atoms with Crippen LogP contribution in [0.1, 0.15) is 25.3 Å². The summed E-state index contributed by atoms with van der Waals surface area (Å²) in [6, 6.07) is 15.1. The lowest BCUT2D eigenvalue weighted by atomic mass is 10.0. The van der Waals surface area contributed by atoms with Crippen LogP contribution in [0.25, 0.3) is 11.1 Å². The summed E-state index contributed by atoms with van der Waals surface area (Å²) in [5.74, 6) is 0.901. The van der Waals surface area contributed by atoms with Gasteiger partial charge in [-0.3, -0.25) is 0 Å². The van der Waals surface area contributed by atoms with Crippen molar-refractivity contribution in [3.8, 4) is 16.9 Å². The van der Waals surface area contributed by atoms with E-state index in [2.05, 4.69) is 29.6 Å². The smallest absolute Gasteiger partial charge is 0.119 e. The van der Waals surface area contributed by atoms with Crippen LogP contribution in [0.5, 0.6) is 5.75 Å². The van der Waals surface area contributed by atoms with Gasteiger partial charge in [-0.2, -0.15) is 0 Å². The molecule has 110 valence electrons. The molecule has 2 aromatic rings. The molecule has 0 atom stereocenters. The van der Waals surface area contributed by atoms with Gasteiger partial charge in [0.1, 0.15) is 5.75 Å². The third-order valence-corrected chi connectivity index (χ3v) is 4.06. The van der Waals surface area contributed by atoms with Crippen LogP contribution in [0, 0.1) is 0 Å². The maximum Gasteiger partial charge on any atom is 0.119 e. The number of nitrogens with one attached hydrogen (secondary N) is 1. The summed E-state index contributed by atoms with van der Waals surface area (Å²) in [6.07, 6.45) is 2.59. The molecule has 3 heteroatoms. The fourth-order valence-electron chi connectivity index (χ4n) is 2.32. The van der Waals surface area contributed by atoms with Gasteiger partial charge < -0.3 is 10.1 Å². The van der Waals surface area contributed by atoms with Crippen LogP contribution in [-0.2, 0) is 6.54 Å². The molecule has 0 unspecified atom stereocenters. The molecule has 0 aromatic heterocycles. The standard InChI is InChI=1S/C18H20ClNO/c1-2-21-17-9-5-13(6-10-17)14-3-4-15(18(19)11-14)12-20-16-7-8-16/h3-6,9-11,16,20H,2,7-8,12H2,1H3. The second-order valence-electron chi connectivity index (χ2n) is 5.42. The lowest BCUT2D eigenvalue weighted by Crippen LogP contribution is -2.15. The number of rotatable bonds is 6. The highest BCUT2D eigenvalue weighted by Crippen LogP contribution is 2.28. The lowest BCUT2D eigenvalue weighted by molar-refractivity contribution is 0.340. The summed E-state index contributed by atoms with van der Waals surface area (Å²) in [7, 11) is 0. The monoisotopic (exact) mass is 301 g/mol. The van der Waals surface area contributed by atoms with E-state index in [-0.39, 0.29) is 0 Å². The van der Waals surface area contributed by atoms with Crippen molar-refractivity contribution in [3.05, 3.63) is 53.1 Å². The molecular formula is C18H20ClNO. The molecule has 0 amide bonds. The van der Waals surface area contributed by atoms with Gasteiger partial charge in [-0.05, 0) is 54.7 Å². The highest BCUT2D eigenvalue weighted by atomic mass is 35.5. The Hall–Kier alpha value is -1.51. The van der Waals surface area contributed by atoms with Crippen LogP contribution < -0.4 is 10.1 Å². The van der Waals surface area contributed by atoms with Crippen molar-refractivity contribution < 1.29 is 4.74 Å². The van der Waals surface area contributed by atoms with Crippen molar-refractivity contribution in [2.45, 2.75) is 32.4 Å². The van der Waals surface area contributed by atoms with E-state index in [1.165, 1.54) is 18.4 Å². The van der Waals surface area contributed by atoms with Crippen molar-refractivity contribution in [1.29, 1.82) is 0 Å². The molecule has 1 fully saturated rings. The third-order valence-electron chi connectivity index (χ3n) is 3.71. The molecule has 0 saturated heterocycles. The Labute approximate surface area is 131 Å². The normalized spacial score (nSPS) is 14.2. The predicted octanol–water partition coefficient (Wildman–Crippen LogP) is 4.66. The zero-order chi connectivity index (χ0) is 14.7. The molecule has 1 aliphatic carbocycles. The van der Waals surface area contributed by atoms with Gasteiger partial charge in [-0.15, -0.1) is 0 Å². The number of hydrogen-bond donors (Lipinski definition) is 1. The van der Waals surface area contributed by atoms with Crippen LogP contribution in [0.3, 0.4) is 0 Å². The first-order chi connectivity index (χ1) is 10.3. The van der Waals surface area contributed by atoms with E-state index < -0.39 is 0 Å². The van der Waals surface area contributed by atoms with Gasteiger partial charge in [-0.1, -0.05) is 35.9 Å². The van der Waals surface area contributed by atoms with E-state index in [0.29, 0.717) is 12.6 Å². The van der Waals surface area contributed by atoms with Crippen LogP contribution >= 0.6 is 11.6 Å². The fourth-order valence-corrected chi connectivity index (χ4v) is 2.57. The maximum atomic E-state index is 6.40. The number of benzene rings is 2. The zero-order valence-corrected chi connectivity index (χ0v) is 13.0. The summed E-state index contributed by atoms with van der Waals surface area (Å²) < 4.78 is 5.47. The van der Waals surface area contributed by atoms with Gasteiger partial charge in [0, 0.05) is 17.6 Å². The largest absolute Gasteiger partial charge is 0.494 e. The highest BCUT2D eigenvalue weighted by Gasteiger charge is 2.20. The van der Waals surface area contributed by atoms with E-state index in [9.17, 15) is 0 Å². The van der Waals surface area contributed by atoms with E-state index in [1.807, 2.05) is 25.1 Å². The molecule has 0 aliphatic heterocycles. The SMILES string of the molecule is CCOc1ccc(-c2ccc(CNC3CC3)c(Cl)c2)cc1. The number of hydrogen-bond acceptors (Lipinski definition) is 2. The van der Waals surface area contributed by atoms with Gasteiger partial charge in [0.15, 0.2) is 0 Å². The average molecular weight is 302 g/mol. The molecular weight excluding hydrogens is 282 g/mol. The van der Waals surface area contributed by atoms with Gasteiger partial charge in [0.25, 0.3) is 0 Å². The molecule has 1 saturated carbocycles. The van der Waals surface area contributed by atoms with Crippen molar-refractivity contribution in [2.24, 2.45) is 0 Å². The van der Waals surface area contributed by atoms with Gasteiger partial charge in [0.2, 0.25) is 0 Å². The average Bonchev–Trinajstić information content (AvgIpc) is 3.31. The molecule has 0 radical (unpaired) electrons. The first-order valence-electron chi connectivity index (χ1n) is 7.51. The highest BCUT2D eigenvalue weighted by molar-refractivity contribution is 6.31. The Balaban J connectivity index is 1.73. The summed E-state index contributed by atoms with van der Waals surface area (Å²) in [5.41, 5.74) is 3.46. The van der Waals surface area contributed by atoms with E-state index >= 15 is 0 Å². The van der Waals surface area contributed by atoms with Crippen molar-refractivity contribution in [1.82, 2.24) is 5.32 Å². The first kappa shape index (κ1) is 14.4. The van der Waals surface area contributed by atoms with Crippen molar-refractivity contribution >= 4 is 11.6 Å². The minimum Gasteiger partial charge on any atom is -0.494 e. The molecule has 1 N–H and O–H groups in total. The van der Waals surface area contributed by atoms with Crippen LogP contribution in [0.4, 0.5) is 0 Å². The van der Waals surface area contributed by atoms with Crippen LogP contribution in [-0.4, -0.2) is 12.6 Å². The molecule has 0 bridgehead atoms. The van der Waals surface area contributed by atoms with Crippen LogP contribution in [0.15, 0.2) is 42.5 Å². The van der Waals surface area contributed by atoms with Gasteiger partial charge in [-0.25, -0.2) is 0 Å². The minimum absolute atomic E-state index is 0.688. The molecule has 0 spiro atoms. The van der Waals surface area contributed by atoms with E-state index in [0.717, 1.165) is 28.4 Å². The summed E-state index contributed by atoms with van der Waals surface area (Å²) in [6.45, 7) is 3.53. The first-order valence-corrected chi connectivity index (χ1v) is 7.89. The number of halogens is 1. The maximum absolute atomic E-state index is 6.40. The Morgan fingerprint density at radius 2 is 1.81 bits per heavy atom. The second kappa shape index (κ2) is 6.50. The predicted molar refractivity (Wildman–Crippen MR) is 87.9 cm³/mol. The topological polar surface area (TPSA) is 21.3 Å². The van der Waals surface area contributed by atoms with E-state index in [4.69, 9.17) is 16.3 Å². The Morgan fingerprint density at radius 3 is 2.43 bits per heavy atom. The molecule has 1 aliphatic rings. The second-order valence-corrected chi connectivity index (χ2v) is 5.83. The minimum atomic E-state index is 0.688. The Bertz CT molecular complexity index is 605. The molecule has 21 heavy (non-hydrogen) atoms. The zero-order valence-electron chi connectivity index (χ0n) is 12.2.